The zero-order valence-corrected chi connectivity index (χ0v) is 12.3. The lowest BCUT2D eigenvalue weighted by Crippen LogP contribution is -2.41. The zero-order valence-electron chi connectivity index (χ0n) is 11.4. The van der Waals surface area contributed by atoms with Crippen LogP contribution in [0.15, 0.2) is 6.33 Å². The topological polar surface area (TPSA) is 41.1 Å². The Kier molecular flexibility index (Phi) is 4.69. The van der Waals surface area contributed by atoms with Crippen LogP contribution in [-0.2, 0) is 0 Å². The number of aromatic nitrogens is 2. The summed E-state index contributed by atoms with van der Waals surface area (Å²) in [6.07, 6.45) is 2.78. The molecule has 0 bridgehead atoms. The Hall–Kier alpha value is -0.970. The van der Waals surface area contributed by atoms with Crippen LogP contribution in [0, 0.1) is 6.92 Å². The molecule has 0 spiro atoms. The third-order valence-corrected chi connectivity index (χ3v) is 4.43. The highest BCUT2D eigenvalue weighted by atomic mass is 32.2. The van der Waals surface area contributed by atoms with Gasteiger partial charge in [0.05, 0.1) is 0 Å². The summed E-state index contributed by atoms with van der Waals surface area (Å²) in [5.41, 5.74) is 1.17. The lowest BCUT2D eigenvalue weighted by molar-refractivity contribution is 0.686. The first-order valence-electron chi connectivity index (χ1n) is 6.64. The number of thioether (sulfide) groups is 1. The van der Waals surface area contributed by atoms with E-state index in [2.05, 4.69) is 41.0 Å². The summed E-state index contributed by atoms with van der Waals surface area (Å²) in [5, 5.41) is 3.37. The molecule has 0 saturated carbocycles. The van der Waals surface area contributed by atoms with Crippen molar-refractivity contribution < 1.29 is 0 Å². The zero-order chi connectivity index (χ0) is 13.0. The Balaban J connectivity index is 2.21. The minimum atomic E-state index is 0.552. The predicted molar refractivity (Wildman–Crippen MR) is 79.7 cm³/mol. The first-order chi connectivity index (χ1) is 8.74. The monoisotopic (exact) mass is 266 g/mol. The Morgan fingerprint density at radius 1 is 1.50 bits per heavy atom. The van der Waals surface area contributed by atoms with Gasteiger partial charge in [0.2, 0.25) is 0 Å². The molecule has 0 aliphatic carbocycles. The van der Waals surface area contributed by atoms with E-state index < -0.39 is 0 Å². The largest absolute Gasteiger partial charge is 0.370 e. The molecule has 1 fully saturated rings. The van der Waals surface area contributed by atoms with Gasteiger partial charge in [0, 0.05) is 36.2 Å². The van der Waals surface area contributed by atoms with Crippen molar-refractivity contribution in [1.29, 1.82) is 0 Å². The van der Waals surface area contributed by atoms with E-state index in [1.165, 1.54) is 17.1 Å². The minimum Gasteiger partial charge on any atom is -0.370 e. The van der Waals surface area contributed by atoms with Crippen LogP contribution < -0.4 is 10.2 Å². The average Bonchev–Trinajstić information content (AvgIpc) is 2.39. The van der Waals surface area contributed by atoms with Crippen molar-refractivity contribution in [2.75, 3.05) is 34.8 Å². The van der Waals surface area contributed by atoms with E-state index in [4.69, 9.17) is 0 Å². The second kappa shape index (κ2) is 6.27. The minimum absolute atomic E-state index is 0.552. The number of nitrogens with zero attached hydrogens (tertiary/aromatic N) is 3. The summed E-state index contributed by atoms with van der Waals surface area (Å²) >= 11 is 2.02. The maximum absolute atomic E-state index is 4.49. The number of hydrogen-bond donors (Lipinski definition) is 1. The van der Waals surface area contributed by atoms with Gasteiger partial charge in [0.25, 0.3) is 0 Å². The lowest BCUT2D eigenvalue weighted by Gasteiger charge is -2.35. The number of anilines is 2. The van der Waals surface area contributed by atoms with E-state index in [1.54, 1.807) is 6.33 Å². The molecular weight excluding hydrogens is 244 g/mol. The van der Waals surface area contributed by atoms with Gasteiger partial charge in [0.1, 0.15) is 18.0 Å². The van der Waals surface area contributed by atoms with Crippen molar-refractivity contribution in [3.63, 3.8) is 0 Å². The smallest absolute Gasteiger partial charge is 0.137 e. The Bertz CT molecular complexity index is 397. The van der Waals surface area contributed by atoms with Crippen molar-refractivity contribution in [3.05, 3.63) is 11.9 Å². The number of hydrogen-bond acceptors (Lipinski definition) is 5. The fourth-order valence-electron chi connectivity index (χ4n) is 2.19. The van der Waals surface area contributed by atoms with E-state index >= 15 is 0 Å². The average molecular weight is 266 g/mol. The molecule has 5 heteroatoms. The Morgan fingerprint density at radius 2 is 2.33 bits per heavy atom. The van der Waals surface area contributed by atoms with Crippen LogP contribution in [-0.4, -0.2) is 40.6 Å². The number of nitrogens with one attached hydrogen (secondary N) is 1. The van der Waals surface area contributed by atoms with Crippen molar-refractivity contribution in [2.45, 2.75) is 33.2 Å². The predicted octanol–water partition coefficient (Wildman–Crippen LogP) is 2.55. The first kappa shape index (κ1) is 13.5. The summed E-state index contributed by atoms with van der Waals surface area (Å²) in [6, 6.07) is 0.552. The van der Waals surface area contributed by atoms with Crippen LogP contribution in [0.3, 0.4) is 0 Å². The van der Waals surface area contributed by atoms with Gasteiger partial charge in [-0.05, 0) is 20.3 Å². The molecule has 1 aliphatic rings. The Labute approximate surface area is 114 Å². The van der Waals surface area contributed by atoms with Crippen LogP contribution in [0.5, 0.6) is 0 Å². The summed E-state index contributed by atoms with van der Waals surface area (Å²) in [7, 11) is 0. The molecule has 18 heavy (non-hydrogen) atoms. The van der Waals surface area contributed by atoms with Crippen molar-refractivity contribution in [3.8, 4) is 0 Å². The molecule has 1 N–H and O–H groups in total. The Morgan fingerprint density at radius 3 is 3.06 bits per heavy atom. The van der Waals surface area contributed by atoms with Gasteiger partial charge in [-0.25, -0.2) is 9.97 Å². The van der Waals surface area contributed by atoms with Gasteiger partial charge in [-0.1, -0.05) is 6.92 Å². The molecule has 0 aromatic carbocycles. The molecule has 1 aromatic heterocycles. The molecule has 1 unspecified atom stereocenters. The molecule has 2 heterocycles. The second-order valence-electron chi connectivity index (χ2n) is 4.71. The van der Waals surface area contributed by atoms with Crippen LogP contribution in [0.4, 0.5) is 11.6 Å². The first-order valence-corrected chi connectivity index (χ1v) is 7.79. The van der Waals surface area contributed by atoms with Gasteiger partial charge in [-0.2, -0.15) is 11.8 Å². The molecule has 1 saturated heterocycles. The van der Waals surface area contributed by atoms with E-state index in [-0.39, 0.29) is 0 Å². The molecule has 0 amide bonds. The second-order valence-corrected chi connectivity index (χ2v) is 5.86. The fourth-order valence-corrected chi connectivity index (χ4v) is 3.21. The molecule has 4 nitrogen and oxygen atoms in total. The van der Waals surface area contributed by atoms with E-state index in [1.807, 2.05) is 11.8 Å². The van der Waals surface area contributed by atoms with Crippen molar-refractivity contribution in [1.82, 2.24) is 9.97 Å². The maximum atomic E-state index is 4.49. The molecule has 2 rings (SSSR count). The van der Waals surface area contributed by atoms with Gasteiger partial charge in [-0.3, -0.25) is 0 Å². The highest BCUT2D eigenvalue weighted by Gasteiger charge is 2.22. The van der Waals surface area contributed by atoms with Crippen LogP contribution in [0.2, 0.25) is 0 Å². The summed E-state index contributed by atoms with van der Waals surface area (Å²) < 4.78 is 0. The third kappa shape index (κ3) is 2.88. The molecular formula is C13H22N4S. The van der Waals surface area contributed by atoms with Crippen molar-refractivity contribution >= 4 is 23.4 Å². The van der Waals surface area contributed by atoms with Crippen LogP contribution in [0.25, 0.3) is 0 Å². The number of rotatable bonds is 4. The fraction of sp³-hybridized carbons (Fsp3) is 0.692. The normalized spacial score (nSPS) is 19.9. The maximum Gasteiger partial charge on any atom is 0.137 e. The highest BCUT2D eigenvalue weighted by molar-refractivity contribution is 7.99. The summed E-state index contributed by atoms with van der Waals surface area (Å²) in [4.78, 5) is 11.2. The van der Waals surface area contributed by atoms with Gasteiger partial charge in [-0.15, -0.1) is 0 Å². The SMILES string of the molecule is CCCNc1ncnc(N2CCSCC2C)c1C. The molecule has 1 aromatic rings. The third-order valence-electron chi connectivity index (χ3n) is 3.24. The van der Waals surface area contributed by atoms with E-state index in [9.17, 15) is 0 Å². The van der Waals surface area contributed by atoms with Crippen molar-refractivity contribution in [2.24, 2.45) is 0 Å². The van der Waals surface area contributed by atoms with E-state index in [0.717, 1.165) is 31.1 Å². The van der Waals surface area contributed by atoms with Crippen LogP contribution >= 0.6 is 11.8 Å². The summed E-state index contributed by atoms with van der Waals surface area (Å²) in [6.45, 7) is 8.59. The quantitative estimate of drug-likeness (QED) is 0.907. The molecule has 0 radical (unpaired) electrons. The van der Waals surface area contributed by atoms with Gasteiger partial charge in [0.15, 0.2) is 0 Å². The lowest BCUT2D eigenvalue weighted by atomic mass is 10.2. The van der Waals surface area contributed by atoms with Gasteiger partial charge < -0.3 is 10.2 Å². The molecule has 1 aliphatic heterocycles. The standard InChI is InChI=1S/C13H22N4S/c1-4-5-14-12-11(3)13(16-9-15-12)17-6-7-18-8-10(17)2/h9-10H,4-8H2,1-3H3,(H,14,15,16). The molecule has 100 valence electrons. The molecule has 1 atom stereocenters. The van der Waals surface area contributed by atoms with Crippen LogP contribution in [0.1, 0.15) is 25.8 Å². The van der Waals surface area contributed by atoms with Gasteiger partial charge >= 0.3 is 0 Å². The van der Waals surface area contributed by atoms with E-state index in [0.29, 0.717) is 6.04 Å². The summed E-state index contributed by atoms with van der Waals surface area (Å²) in [5.74, 6) is 4.44. The highest BCUT2D eigenvalue weighted by Crippen LogP contribution is 2.27.